The number of hydrogen-bond acceptors (Lipinski definition) is 12. The molecule has 14 heteroatoms. The minimum absolute atomic E-state index is 0.0446. The lowest BCUT2D eigenvalue weighted by atomic mass is 9.72. The van der Waals surface area contributed by atoms with Gasteiger partial charge in [0.2, 0.25) is 6.79 Å². The second-order valence-electron chi connectivity index (χ2n) is 16.0. The van der Waals surface area contributed by atoms with Crippen LogP contribution in [0.5, 0.6) is 23.0 Å². The molecule has 8 heterocycles. The van der Waals surface area contributed by atoms with Crippen molar-refractivity contribution in [2.45, 2.75) is 87.8 Å². The van der Waals surface area contributed by atoms with Crippen molar-refractivity contribution in [3.05, 3.63) is 80.0 Å². The number of aliphatic carboxylic acids is 1. The van der Waals surface area contributed by atoms with Crippen molar-refractivity contribution in [1.82, 2.24) is 20.1 Å². The molecule has 2 fully saturated rings. The Morgan fingerprint density at radius 3 is 2.58 bits per heavy atom. The number of methoxy groups -OCH3 is 1. The van der Waals surface area contributed by atoms with Gasteiger partial charge in [0, 0.05) is 45.5 Å². The number of aryl methyl sites for hydroxylation is 2. The van der Waals surface area contributed by atoms with E-state index in [1.807, 2.05) is 46.0 Å². The molecule has 1 spiro atoms. The van der Waals surface area contributed by atoms with Gasteiger partial charge in [-0.3, -0.25) is 19.9 Å². The number of aliphatic hydroxyl groups is 1. The summed E-state index contributed by atoms with van der Waals surface area (Å²) in [5.41, 5.74) is 7.98. The van der Waals surface area contributed by atoms with Crippen molar-refractivity contribution >= 4 is 34.6 Å². The van der Waals surface area contributed by atoms with Crippen molar-refractivity contribution in [3.8, 4) is 23.0 Å². The fraction of sp³-hybridized carbons (Fsp3) is 0.463. The van der Waals surface area contributed by atoms with Crippen LogP contribution in [-0.2, 0) is 32.7 Å². The Bertz CT molecular complexity index is 2360. The van der Waals surface area contributed by atoms with Crippen LogP contribution in [0.25, 0.3) is 10.9 Å². The number of aromatic nitrogens is 1. The highest BCUT2D eigenvalue weighted by Gasteiger charge is 2.61. The number of thioether (sulfide) groups is 1. The fourth-order valence-corrected chi connectivity index (χ4v) is 12.5. The third-order valence-electron chi connectivity index (χ3n) is 13.3. The van der Waals surface area contributed by atoms with Gasteiger partial charge in [-0.2, -0.15) is 0 Å². The Morgan fingerprint density at radius 1 is 1.04 bits per heavy atom. The van der Waals surface area contributed by atoms with Crippen molar-refractivity contribution in [3.63, 3.8) is 0 Å². The van der Waals surface area contributed by atoms with Gasteiger partial charge in [0.25, 0.3) is 0 Å². The first-order chi connectivity index (χ1) is 26.4. The van der Waals surface area contributed by atoms with Gasteiger partial charge in [0.05, 0.1) is 30.9 Å². The number of nitrogens with zero attached hydrogens (tertiary/aromatic N) is 2. The number of hydrogen-bond donors (Lipinski definition) is 5. The molecule has 2 saturated heterocycles. The number of benzene rings is 3. The number of H-pyrrole nitrogens is 1. The molecule has 0 aliphatic carbocycles. The predicted octanol–water partition coefficient (Wildman–Crippen LogP) is 4.33. The van der Waals surface area contributed by atoms with E-state index in [2.05, 4.69) is 33.1 Å². The van der Waals surface area contributed by atoms with E-state index in [1.165, 1.54) is 11.8 Å². The Hall–Kier alpha value is -4.47. The largest absolute Gasteiger partial charge is 0.504 e. The third-order valence-corrected chi connectivity index (χ3v) is 14.8. The summed E-state index contributed by atoms with van der Waals surface area (Å²) >= 11 is 1.53. The van der Waals surface area contributed by atoms with E-state index in [4.69, 9.17) is 18.9 Å². The number of nitrogens with one attached hydrogen (secondary N) is 2. The number of carboxylic acid groups (broad SMARTS) is 1. The van der Waals surface area contributed by atoms with Crippen LogP contribution in [-0.4, -0.2) is 99.7 Å². The van der Waals surface area contributed by atoms with E-state index in [9.17, 15) is 24.9 Å². The number of aliphatic hydroxyl groups excluding tert-OH is 1. The Morgan fingerprint density at radius 2 is 1.82 bits per heavy atom. The maximum Gasteiger partial charge on any atom is 0.333 e. The SMILES string of the molecule is COc1c(C)cc2c(c1O)[C@H]1[C@@H]3[C@@H]4SC[C@]5(N[C@@H](C(=O)O)Cc6c5[nH]c5ccc(C)cc65)C(=O)OC[C@@H](c5c6c(c(C)c(C)c54)OCO6)N3[C@@H](O)[C@@H](C2)N1C. The van der Waals surface area contributed by atoms with E-state index >= 15 is 0 Å². The second-order valence-corrected chi connectivity index (χ2v) is 17.2. The first kappa shape index (κ1) is 35.0. The van der Waals surface area contributed by atoms with Crippen LogP contribution in [0.15, 0.2) is 24.3 Å². The third kappa shape index (κ3) is 4.57. The zero-order chi connectivity index (χ0) is 38.4. The molecule has 0 amide bonds. The molecule has 7 aliphatic heterocycles. The normalized spacial score (nSPS) is 30.7. The Balaban J connectivity index is 1.22. The molecule has 4 aromatic rings. The van der Waals surface area contributed by atoms with Crippen LogP contribution in [0.3, 0.4) is 0 Å². The first-order valence-electron chi connectivity index (χ1n) is 18.8. The van der Waals surface area contributed by atoms with Crippen molar-refractivity contribution < 1.29 is 43.9 Å². The molecule has 5 N–H and O–H groups in total. The highest BCUT2D eigenvalue weighted by Crippen LogP contribution is 2.63. The molecular weight excluding hydrogens is 725 g/mol. The van der Waals surface area contributed by atoms with Crippen LogP contribution in [0.4, 0.5) is 0 Å². The predicted molar refractivity (Wildman–Crippen MR) is 203 cm³/mol. The Labute approximate surface area is 321 Å². The van der Waals surface area contributed by atoms with E-state index in [0.29, 0.717) is 29.4 Å². The lowest BCUT2D eigenvalue weighted by Crippen LogP contribution is -2.70. The van der Waals surface area contributed by atoms with Gasteiger partial charge >= 0.3 is 11.9 Å². The topological polar surface area (TPSA) is 166 Å². The maximum atomic E-state index is 14.9. The molecule has 8 atom stereocenters. The number of rotatable bonds is 2. The molecular formula is C41H44N4O9S. The van der Waals surface area contributed by atoms with Crippen LogP contribution < -0.4 is 19.5 Å². The van der Waals surface area contributed by atoms with Gasteiger partial charge in [-0.05, 0) is 86.7 Å². The van der Waals surface area contributed by atoms with E-state index in [1.54, 1.807) is 7.11 Å². The molecule has 0 radical (unpaired) electrons. The molecule has 3 aromatic carbocycles. The number of carbonyl (C=O) groups is 2. The quantitative estimate of drug-likeness (QED) is 0.183. The monoisotopic (exact) mass is 768 g/mol. The number of carbonyl (C=O) groups excluding carboxylic acids is 1. The number of aromatic amines is 1. The fourth-order valence-electron chi connectivity index (χ4n) is 10.7. The molecule has 55 heavy (non-hydrogen) atoms. The lowest BCUT2D eigenvalue weighted by molar-refractivity contribution is -0.186. The van der Waals surface area contributed by atoms with Gasteiger partial charge < -0.3 is 39.3 Å². The summed E-state index contributed by atoms with van der Waals surface area (Å²) in [6, 6.07) is 5.13. The minimum Gasteiger partial charge on any atom is -0.504 e. The second kappa shape index (κ2) is 12.0. The van der Waals surface area contributed by atoms with E-state index < -0.39 is 53.1 Å². The summed E-state index contributed by atoms with van der Waals surface area (Å²) in [6.07, 6.45) is -0.303. The number of esters is 1. The zero-order valence-electron chi connectivity index (χ0n) is 31.5. The number of phenolic OH excluding ortho intramolecular Hbond substituents is 1. The molecule has 0 unspecified atom stereocenters. The van der Waals surface area contributed by atoms with Crippen molar-refractivity contribution in [2.75, 3.05) is 33.3 Å². The average molecular weight is 769 g/mol. The van der Waals surface area contributed by atoms with Gasteiger partial charge in [0.15, 0.2) is 28.5 Å². The number of carboxylic acids is 1. The molecule has 0 saturated carbocycles. The zero-order valence-corrected chi connectivity index (χ0v) is 32.3. The molecule has 288 valence electrons. The van der Waals surface area contributed by atoms with Crippen molar-refractivity contribution in [2.24, 2.45) is 0 Å². The number of fused-ring (bicyclic) bond motifs is 11. The summed E-state index contributed by atoms with van der Waals surface area (Å²) in [5, 5.41) is 38.9. The molecule has 13 nitrogen and oxygen atoms in total. The van der Waals surface area contributed by atoms with E-state index in [-0.39, 0.29) is 37.4 Å². The van der Waals surface area contributed by atoms with Gasteiger partial charge in [-0.25, -0.2) is 4.79 Å². The van der Waals surface area contributed by atoms with Gasteiger partial charge in [-0.15, -0.1) is 11.8 Å². The first-order valence-corrected chi connectivity index (χ1v) is 19.8. The summed E-state index contributed by atoms with van der Waals surface area (Å²) < 4.78 is 24.5. The lowest BCUT2D eigenvalue weighted by Gasteiger charge is -2.62. The van der Waals surface area contributed by atoms with Gasteiger partial charge in [0.1, 0.15) is 18.9 Å². The minimum atomic E-state index is -1.55. The summed E-state index contributed by atoms with van der Waals surface area (Å²) in [7, 11) is 3.56. The maximum absolute atomic E-state index is 14.9. The van der Waals surface area contributed by atoms with Crippen LogP contribution >= 0.6 is 11.8 Å². The van der Waals surface area contributed by atoms with Crippen molar-refractivity contribution in [1.29, 1.82) is 0 Å². The summed E-state index contributed by atoms with van der Waals surface area (Å²) in [6.45, 7) is 7.90. The Kier molecular flexibility index (Phi) is 7.64. The van der Waals surface area contributed by atoms with Gasteiger partial charge in [-0.1, -0.05) is 17.7 Å². The van der Waals surface area contributed by atoms with E-state index in [0.717, 1.165) is 61.0 Å². The molecule has 4 bridgehead atoms. The number of aromatic hydroxyl groups is 1. The summed E-state index contributed by atoms with van der Waals surface area (Å²) in [5.74, 6) is 0.188. The summed E-state index contributed by atoms with van der Waals surface area (Å²) in [4.78, 5) is 35.6. The average Bonchev–Trinajstić information content (AvgIpc) is 3.79. The van der Waals surface area contributed by atoms with Crippen LogP contribution in [0, 0.1) is 27.7 Å². The highest BCUT2D eigenvalue weighted by atomic mass is 32.2. The standard InChI is InChI=1S/C41H44N4O9S/c1-16-7-8-23-21(9-16)22-12-24(39(48)49)43-41(37(22)42-23)14-55-36-27-18(3)19(4)34-35(54-15-53-34)29(27)26(13-52-40(41)50)45-31(36)30-28-20(11-25(38(45)47)44(30)5)10-17(2)33(51-6)32(28)46/h7-10,24-26,30-31,36,38,42-43,46-47H,11-15H2,1-6H3,(H,48,49)/t24-,25-,26+,30+,31-,36-,38+,41-/m1/s1. The van der Waals surface area contributed by atoms with Crippen LogP contribution in [0.1, 0.15) is 73.1 Å². The molecule has 11 rings (SSSR count). The van der Waals surface area contributed by atoms with Crippen LogP contribution in [0.2, 0.25) is 0 Å². The number of likely N-dealkylation sites (N-methyl/N-ethyl adjacent to an activating group) is 1. The molecule has 7 aliphatic rings. The molecule has 1 aromatic heterocycles. The highest BCUT2D eigenvalue weighted by molar-refractivity contribution is 7.99. The number of piperazine rings is 1. The smallest absolute Gasteiger partial charge is 0.333 e. The number of ether oxygens (including phenoxy) is 4. The number of phenols is 1.